The molecule has 104 valence electrons. The van der Waals surface area contributed by atoms with E-state index >= 15 is 0 Å². The third-order valence-electron chi connectivity index (χ3n) is 2.63. The fourth-order valence-electron chi connectivity index (χ4n) is 1.55. The van der Waals surface area contributed by atoms with Gasteiger partial charge in [-0.15, -0.1) is 0 Å². The highest BCUT2D eigenvalue weighted by atomic mass is 32.2. The monoisotopic (exact) mass is 294 g/mol. The second-order valence-electron chi connectivity index (χ2n) is 4.09. The van der Waals surface area contributed by atoms with Gasteiger partial charge in [-0.3, -0.25) is 4.68 Å². The van der Waals surface area contributed by atoms with E-state index in [0.29, 0.717) is 0 Å². The Hall–Kier alpha value is -2.24. The van der Waals surface area contributed by atoms with E-state index in [-0.39, 0.29) is 22.6 Å². The number of halogens is 1. The predicted molar refractivity (Wildman–Crippen MR) is 68.3 cm³/mol. The van der Waals surface area contributed by atoms with Crippen LogP contribution < -0.4 is 4.72 Å². The fourth-order valence-corrected chi connectivity index (χ4v) is 2.54. The largest absolute Gasteiger partial charge is 0.274 e. The fraction of sp³-hybridized carbons (Fsp3) is 0.167. The number of hydrogen-bond donors (Lipinski definition) is 1. The van der Waals surface area contributed by atoms with Crippen LogP contribution in [0.15, 0.2) is 35.5 Å². The van der Waals surface area contributed by atoms with Crippen molar-refractivity contribution in [3.05, 3.63) is 47.5 Å². The van der Waals surface area contributed by atoms with Crippen molar-refractivity contribution in [1.29, 1.82) is 5.26 Å². The van der Waals surface area contributed by atoms with E-state index in [1.54, 1.807) is 13.1 Å². The number of rotatable bonds is 4. The van der Waals surface area contributed by atoms with E-state index < -0.39 is 15.8 Å². The SMILES string of the molecule is Cn1cc(S(=O)(=O)NCc2ccc(C#N)cc2F)cn1. The van der Waals surface area contributed by atoms with Crippen molar-refractivity contribution < 1.29 is 12.8 Å². The molecule has 0 amide bonds. The molecule has 1 heterocycles. The van der Waals surface area contributed by atoms with Crippen LogP contribution in [0.5, 0.6) is 0 Å². The Morgan fingerprint density at radius 2 is 2.25 bits per heavy atom. The van der Waals surface area contributed by atoms with Crippen LogP contribution in [0.3, 0.4) is 0 Å². The summed E-state index contributed by atoms with van der Waals surface area (Å²) in [5.41, 5.74) is 0.345. The van der Waals surface area contributed by atoms with Crippen molar-refractivity contribution in [1.82, 2.24) is 14.5 Å². The maximum absolute atomic E-state index is 13.6. The molecule has 0 unspecified atom stereocenters. The number of nitrogens with one attached hydrogen (secondary N) is 1. The number of sulfonamides is 1. The Bertz CT molecular complexity index is 777. The minimum atomic E-state index is -3.74. The van der Waals surface area contributed by atoms with E-state index in [1.807, 2.05) is 0 Å². The van der Waals surface area contributed by atoms with Crippen molar-refractivity contribution in [3.63, 3.8) is 0 Å². The smallest absolute Gasteiger partial charge is 0.243 e. The number of hydrogen-bond acceptors (Lipinski definition) is 4. The second kappa shape index (κ2) is 5.40. The Kier molecular flexibility index (Phi) is 3.83. The van der Waals surface area contributed by atoms with Crippen molar-refractivity contribution in [2.24, 2.45) is 7.05 Å². The van der Waals surface area contributed by atoms with Gasteiger partial charge >= 0.3 is 0 Å². The number of nitriles is 1. The standard InChI is InChI=1S/C12H11FN4O2S/c1-17-8-11(7-15-17)20(18,19)16-6-10-3-2-9(5-14)4-12(10)13/h2-4,7-8,16H,6H2,1H3. The van der Waals surface area contributed by atoms with Crippen LogP contribution in [0.1, 0.15) is 11.1 Å². The minimum absolute atomic E-state index is 0.00838. The molecule has 0 spiro atoms. The lowest BCUT2D eigenvalue weighted by atomic mass is 10.1. The lowest BCUT2D eigenvalue weighted by Crippen LogP contribution is -2.23. The van der Waals surface area contributed by atoms with Gasteiger partial charge in [-0.05, 0) is 12.1 Å². The molecule has 0 aliphatic rings. The Labute approximate surface area is 115 Å². The summed E-state index contributed by atoms with van der Waals surface area (Å²) in [5.74, 6) is -0.627. The highest BCUT2D eigenvalue weighted by Gasteiger charge is 2.16. The molecule has 0 saturated heterocycles. The number of aryl methyl sites for hydroxylation is 1. The normalized spacial score (nSPS) is 11.2. The van der Waals surface area contributed by atoms with Crippen molar-refractivity contribution in [2.45, 2.75) is 11.4 Å². The maximum Gasteiger partial charge on any atom is 0.243 e. The first-order valence-corrected chi connectivity index (χ1v) is 7.07. The third kappa shape index (κ3) is 3.01. The first-order chi connectivity index (χ1) is 9.42. The molecule has 6 nitrogen and oxygen atoms in total. The summed E-state index contributed by atoms with van der Waals surface area (Å²) in [4.78, 5) is 0.00838. The molecular formula is C12H11FN4O2S. The maximum atomic E-state index is 13.6. The van der Waals surface area contributed by atoms with E-state index in [1.165, 1.54) is 29.2 Å². The van der Waals surface area contributed by atoms with Gasteiger partial charge in [0.2, 0.25) is 10.0 Å². The second-order valence-corrected chi connectivity index (χ2v) is 5.86. The molecular weight excluding hydrogens is 283 g/mol. The summed E-state index contributed by atoms with van der Waals surface area (Å²) in [6, 6.07) is 5.67. The first-order valence-electron chi connectivity index (χ1n) is 5.59. The van der Waals surface area contributed by atoms with Gasteiger partial charge in [0.05, 0.1) is 17.8 Å². The lowest BCUT2D eigenvalue weighted by Gasteiger charge is -2.06. The molecule has 1 aromatic heterocycles. The van der Waals surface area contributed by atoms with Crippen LogP contribution in [-0.4, -0.2) is 18.2 Å². The molecule has 0 aliphatic carbocycles. The van der Waals surface area contributed by atoms with Crippen LogP contribution >= 0.6 is 0 Å². The van der Waals surface area contributed by atoms with Crippen molar-refractivity contribution >= 4 is 10.0 Å². The van der Waals surface area contributed by atoms with Gasteiger partial charge in [0.25, 0.3) is 0 Å². The lowest BCUT2D eigenvalue weighted by molar-refractivity contribution is 0.574. The summed E-state index contributed by atoms with van der Waals surface area (Å²) in [6.45, 7) is -0.200. The zero-order chi connectivity index (χ0) is 14.8. The highest BCUT2D eigenvalue weighted by Crippen LogP contribution is 2.12. The molecule has 2 rings (SSSR count). The summed E-state index contributed by atoms with van der Waals surface area (Å²) < 4.78 is 41.1. The molecule has 0 saturated carbocycles. The van der Waals surface area contributed by atoms with Gasteiger partial charge in [-0.25, -0.2) is 17.5 Å². The summed E-state index contributed by atoms with van der Waals surface area (Å²) in [7, 11) is -2.14. The molecule has 0 atom stereocenters. The average molecular weight is 294 g/mol. The van der Waals surface area contributed by atoms with E-state index in [2.05, 4.69) is 9.82 Å². The van der Waals surface area contributed by atoms with Crippen LogP contribution in [0.25, 0.3) is 0 Å². The predicted octanol–water partition coefficient (Wildman–Crippen LogP) is 0.909. The van der Waals surface area contributed by atoms with E-state index in [0.717, 1.165) is 6.07 Å². The van der Waals surface area contributed by atoms with Crippen LogP contribution in [0, 0.1) is 17.1 Å². The van der Waals surface area contributed by atoms with Gasteiger partial charge in [-0.1, -0.05) is 6.07 Å². The topological polar surface area (TPSA) is 87.8 Å². The Balaban J connectivity index is 2.15. The molecule has 20 heavy (non-hydrogen) atoms. The van der Waals surface area contributed by atoms with Gasteiger partial charge < -0.3 is 0 Å². The molecule has 0 fully saturated rings. The summed E-state index contributed by atoms with van der Waals surface area (Å²) in [6.07, 6.45) is 2.55. The summed E-state index contributed by atoms with van der Waals surface area (Å²) >= 11 is 0. The molecule has 2 aromatic rings. The van der Waals surface area contributed by atoms with E-state index in [4.69, 9.17) is 5.26 Å². The van der Waals surface area contributed by atoms with Crippen molar-refractivity contribution in [2.75, 3.05) is 0 Å². The third-order valence-corrected chi connectivity index (χ3v) is 3.98. The average Bonchev–Trinajstić information content (AvgIpc) is 2.85. The summed E-state index contributed by atoms with van der Waals surface area (Å²) in [5, 5.41) is 12.4. The van der Waals surface area contributed by atoms with Crippen LogP contribution in [0.4, 0.5) is 4.39 Å². The van der Waals surface area contributed by atoms with E-state index in [9.17, 15) is 12.8 Å². The zero-order valence-corrected chi connectivity index (χ0v) is 11.4. The van der Waals surface area contributed by atoms with Gasteiger partial charge in [-0.2, -0.15) is 10.4 Å². The number of nitrogens with zero attached hydrogens (tertiary/aromatic N) is 3. The number of aromatic nitrogens is 2. The molecule has 0 radical (unpaired) electrons. The van der Waals surface area contributed by atoms with Gasteiger partial charge in [0, 0.05) is 25.4 Å². The number of benzene rings is 1. The molecule has 0 bridgehead atoms. The molecule has 8 heteroatoms. The van der Waals surface area contributed by atoms with Crippen LogP contribution in [-0.2, 0) is 23.6 Å². The zero-order valence-electron chi connectivity index (χ0n) is 10.5. The van der Waals surface area contributed by atoms with Gasteiger partial charge in [0.15, 0.2) is 0 Å². The van der Waals surface area contributed by atoms with Crippen LogP contribution in [0.2, 0.25) is 0 Å². The minimum Gasteiger partial charge on any atom is -0.274 e. The molecule has 1 N–H and O–H groups in total. The quantitative estimate of drug-likeness (QED) is 0.908. The Morgan fingerprint density at radius 3 is 2.80 bits per heavy atom. The molecule has 0 aliphatic heterocycles. The highest BCUT2D eigenvalue weighted by molar-refractivity contribution is 7.89. The van der Waals surface area contributed by atoms with Crippen molar-refractivity contribution in [3.8, 4) is 6.07 Å². The van der Waals surface area contributed by atoms with Gasteiger partial charge in [0.1, 0.15) is 10.7 Å². The first kappa shape index (κ1) is 14.2. The molecule has 1 aromatic carbocycles. The Morgan fingerprint density at radius 1 is 1.50 bits per heavy atom.